The fourth-order valence-corrected chi connectivity index (χ4v) is 3.80. The predicted molar refractivity (Wildman–Crippen MR) is 100 cm³/mol. The zero-order valence-electron chi connectivity index (χ0n) is 13.1. The molecule has 0 aliphatic rings. The van der Waals surface area contributed by atoms with Crippen molar-refractivity contribution in [1.29, 1.82) is 0 Å². The third-order valence-corrected chi connectivity index (χ3v) is 5.39. The Bertz CT molecular complexity index is 734. The number of furan rings is 1. The molecule has 0 radical (unpaired) electrons. The van der Waals surface area contributed by atoms with E-state index < -0.39 is 0 Å². The van der Waals surface area contributed by atoms with Crippen molar-refractivity contribution >= 4 is 33.2 Å². The van der Waals surface area contributed by atoms with Crippen LogP contribution in [-0.2, 0) is 11.2 Å². The van der Waals surface area contributed by atoms with Crippen molar-refractivity contribution < 1.29 is 9.21 Å². The number of carbonyl (C=O) groups is 1. The Balaban J connectivity index is 1.57. The maximum absolute atomic E-state index is 12.2. The van der Waals surface area contributed by atoms with Gasteiger partial charge in [0.25, 0.3) is 0 Å². The van der Waals surface area contributed by atoms with E-state index in [1.165, 1.54) is 5.56 Å². The van der Waals surface area contributed by atoms with Gasteiger partial charge in [-0.2, -0.15) is 11.3 Å². The monoisotopic (exact) mass is 403 g/mol. The molecule has 2 heterocycles. The van der Waals surface area contributed by atoms with Crippen LogP contribution in [0, 0.1) is 0 Å². The average Bonchev–Trinajstić information content (AvgIpc) is 3.28. The Morgan fingerprint density at radius 2 is 2.08 bits per heavy atom. The number of nitrogens with one attached hydrogen (secondary N) is 1. The van der Waals surface area contributed by atoms with Crippen molar-refractivity contribution in [2.45, 2.75) is 18.8 Å². The van der Waals surface area contributed by atoms with E-state index in [1.54, 1.807) is 17.6 Å². The highest BCUT2D eigenvalue weighted by atomic mass is 79.9. The molecule has 1 N–H and O–H groups in total. The quantitative estimate of drug-likeness (QED) is 0.603. The van der Waals surface area contributed by atoms with Gasteiger partial charge >= 0.3 is 0 Å². The van der Waals surface area contributed by atoms with Gasteiger partial charge in [-0.3, -0.25) is 4.79 Å². The minimum atomic E-state index is 0.0533. The second-order valence-electron chi connectivity index (χ2n) is 5.52. The Morgan fingerprint density at radius 1 is 1.21 bits per heavy atom. The zero-order chi connectivity index (χ0) is 16.8. The molecule has 1 amide bonds. The lowest BCUT2D eigenvalue weighted by Gasteiger charge is -2.14. The second-order valence-corrected chi connectivity index (χ2v) is 7.15. The molecule has 2 aromatic heterocycles. The Hall–Kier alpha value is -1.85. The molecule has 124 valence electrons. The van der Waals surface area contributed by atoms with Crippen LogP contribution in [0.5, 0.6) is 0 Å². The van der Waals surface area contributed by atoms with Gasteiger partial charge in [0.05, 0.1) is 12.2 Å². The average molecular weight is 404 g/mol. The molecule has 24 heavy (non-hydrogen) atoms. The number of hydrogen-bond donors (Lipinski definition) is 1. The molecule has 0 aliphatic carbocycles. The minimum Gasteiger partial charge on any atom is -0.469 e. The summed E-state index contributed by atoms with van der Waals surface area (Å²) in [6.45, 7) is 0.541. The molecule has 0 aliphatic heterocycles. The Kier molecular flexibility index (Phi) is 5.88. The molecule has 3 aromatic rings. The molecule has 0 bridgehead atoms. The minimum absolute atomic E-state index is 0.0533. The lowest BCUT2D eigenvalue weighted by atomic mass is 9.99. The number of amides is 1. The van der Waals surface area contributed by atoms with E-state index in [2.05, 4.69) is 32.7 Å². The Morgan fingerprint density at radius 3 is 2.79 bits per heavy atom. The molecule has 3 rings (SSSR count). The van der Waals surface area contributed by atoms with Crippen molar-refractivity contribution in [3.63, 3.8) is 0 Å². The summed E-state index contributed by atoms with van der Waals surface area (Å²) < 4.78 is 6.59. The lowest BCUT2D eigenvalue weighted by molar-refractivity contribution is -0.121. The van der Waals surface area contributed by atoms with Crippen molar-refractivity contribution in [3.05, 3.63) is 80.8 Å². The van der Waals surface area contributed by atoms with E-state index in [0.29, 0.717) is 13.0 Å². The van der Waals surface area contributed by atoms with Gasteiger partial charge in [0.1, 0.15) is 5.76 Å². The van der Waals surface area contributed by atoms with Gasteiger partial charge in [-0.25, -0.2) is 0 Å². The van der Waals surface area contributed by atoms with Crippen LogP contribution >= 0.6 is 27.3 Å². The molecular weight excluding hydrogens is 386 g/mol. The zero-order valence-corrected chi connectivity index (χ0v) is 15.5. The molecule has 5 heteroatoms. The fraction of sp³-hybridized carbons (Fsp3) is 0.211. The summed E-state index contributed by atoms with van der Waals surface area (Å²) in [6, 6.07) is 13.9. The maximum atomic E-state index is 12.2. The first-order valence-electron chi connectivity index (χ1n) is 7.79. The van der Waals surface area contributed by atoms with Gasteiger partial charge in [-0.05, 0) is 52.6 Å². The maximum Gasteiger partial charge on any atom is 0.220 e. The highest BCUT2D eigenvalue weighted by Crippen LogP contribution is 2.26. The number of halogens is 1. The summed E-state index contributed by atoms with van der Waals surface area (Å²) in [7, 11) is 0. The van der Waals surface area contributed by atoms with Crippen molar-refractivity contribution in [3.8, 4) is 0 Å². The number of benzene rings is 1. The number of carbonyl (C=O) groups excluding carboxylic acids is 1. The van der Waals surface area contributed by atoms with Crippen LogP contribution in [0.3, 0.4) is 0 Å². The van der Waals surface area contributed by atoms with E-state index in [4.69, 9.17) is 4.42 Å². The number of rotatable bonds is 7. The molecule has 0 saturated carbocycles. The molecule has 0 fully saturated rings. The number of hydrogen-bond acceptors (Lipinski definition) is 3. The Labute approximate surface area is 153 Å². The summed E-state index contributed by atoms with van der Waals surface area (Å²) in [5, 5.41) is 7.18. The van der Waals surface area contributed by atoms with E-state index in [-0.39, 0.29) is 11.8 Å². The summed E-state index contributed by atoms with van der Waals surface area (Å²) in [5.41, 5.74) is 2.31. The van der Waals surface area contributed by atoms with Gasteiger partial charge in [-0.1, -0.05) is 34.1 Å². The summed E-state index contributed by atoms with van der Waals surface area (Å²) in [4.78, 5) is 12.2. The first kappa shape index (κ1) is 17.0. The third kappa shape index (κ3) is 4.36. The SMILES string of the molecule is O=C(CCc1ccccc1Br)NCC(c1ccsc1)c1ccco1. The summed E-state index contributed by atoms with van der Waals surface area (Å²) >= 11 is 5.17. The standard InChI is InChI=1S/C19H18BrNO2S/c20-17-5-2-1-4-14(17)7-8-19(22)21-12-16(15-9-11-24-13-15)18-6-3-10-23-18/h1-6,9-11,13,16H,7-8,12H2,(H,21,22). The lowest BCUT2D eigenvalue weighted by Crippen LogP contribution is -2.28. The third-order valence-electron chi connectivity index (χ3n) is 3.91. The number of thiophene rings is 1. The van der Waals surface area contributed by atoms with Crippen molar-refractivity contribution in [2.24, 2.45) is 0 Å². The van der Waals surface area contributed by atoms with E-state index in [1.807, 2.05) is 41.8 Å². The summed E-state index contributed by atoms with van der Waals surface area (Å²) in [6.07, 6.45) is 2.86. The molecule has 1 unspecified atom stereocenters. The molecule has 3 nitrogen and oxygen atoms in total. The van der Waals surface area contributed by atoms with E-state index in [0.717, 1.165) is 22.2 Å². The topological polar surface area (TPSA) is 42.2 Å². The normalized spacial score (nSPS) is 12.0. The highest BCUT2D eigenvalue weighted by Gasteiger charge is 2.18. The van der Waals surface area contributed by atoms with Gasteiger partial charge in [0, 0.05) is 17.4 Å². The summed E-state index contributed by atoms with van der Waals surface area (Å²) in [5.74, 6) is 0.982. The van der Waals surface area contributed by atoms with Gasteiger partial charge in [0.15, 0.2) is 0 Å². The smallest absolute Gasteiger partial charge is 0.220 e. The van der Waals surface area contributed by atoms with Crippen LogP contribution in [0.25, 0.3) is 0 Å². The predicted octanol–water partition coefficient (Wildman–Crippen LogP) is 4.98. The second kappa shape index (κ2) is 8.31. The van der Waals surface area contributed by atoms with Crippen LogP contribution < -0.4 is 5.32 Å². The van der Waals surface area contributed by atoms with Gasteiger partial charge < -0.3 is 9.73 Å². The van der Waals surface area contributed by atoms with Gasteiger partial charge in [-0.15, -0.1) is 0 Å². The fourth-order valence-electron chi connectivity index (χ4n) is 2.60. The van der Waals surface area contributed by atoms with Crippen LogP contribution in [-0.4, -0.2) is 12.5 Å². The van der Waals surface area contributed by atoms with Crippen LogP contribution in [0.1, 0.15) is 29.2 Å². The van der Waals surface area contributed by atoms with Crippen molar-refractivity contribution in [2.75, 3.05) is 6.54 Å². The van der Waals surface area contributed by atoms with E-state index in [9.17, 15) is 4.79 Å². The molecule has 1 atom stereocenters. The molecule has 0 saturated heterocycles. The van der Waals surface area contributed by atoms with Crippen LogP contribution in [0.4, 0.5) is 0 Å². The van der Waals surface area contributed by atoms with Crippen LogP contribution in [0.15, 0.2) is 68.4 Å². The first-order valence-corrected chi connectivity index (χ1v) is 9.53. The van der Waals surface area contributed by atoms with Crippen molar-refractivity contribution in [1.82, 2.24) is 5.32 Å². The van der Waals surface area contributed by atoms with Crippen LogP contribution in [0.2, 0.25) is 0 Å². The molecular formula is C19H18BrNO2S. The highest BCUT2D eigenvalue weighted by molar-refractivity contribution is 9.10. The number of aryl methyl sites for hydroxylation is 1. The largest absolute Gasteiger partial charge is 0.469 e. The molecule has 1 aromatic carbocycles. The van der Waals surface area contributed by atoms with E-state index >= 15 is 0 Å². The van der Waals surface area contributed by atoms with Gasteiger partial charge in [0.2, 0.25) is 5.91 Å². The molecule has 0 spiro atoms. The first-order chi connectivity index (χ1) is 11.7.